The molecule has 0 aromatic heterocycles. The molecular weight excluding hydrogens is 800 g/mol. The quantitative estimate of drug-likeness (QED) is 0.0196. The van der Waals surface area contributed by atoms with Crippen molar-refractivity contribution >= 4 is 41.4 Å². The summed E-state index contributed by atoms with van der Waals surface area (Å²) >= 11 is 0. The molecule has 0 radical (unpaired) electrons. The lowest BCUT2D eigenvalue weighted by atomic mass is 10.2. The summed E-state index contributed by atoms with van der Waals surface area (Å²) in [6, 6.07) is -1.80. The molecule has 0 saturated carbocycles. The van der Waals surface area contributed by atoms with E-state index in [0.29, 0.717) is 99.0 Å². The topological polar surface area (TPSA) is 300 Å². The van der Waals surface area contributed by atoms with Gasteiger partial charge in [-0.05, 0) is 13.8 Å². The van der Waals surface area contributed by atoms with Crippen LogP contribution < -0.4 is 27.0 Å². The number of nitrogens with zero attached hydrogens (tertiary/aromatic N) is 1. The van der Waals surface area contributed by atoms with Gasteiger partial charge in [-0.3, -0.25) is 38.5 Å². The lowest BCUT2D eigenvalue weighted by Crippen LogP contribution is -2.52. The van der Waals surface area contributed by atoms with Gasteiger partial charge in [-0.2, -0.15) is 0 Å². The number of carbonyl (C=O) groups excluding carboxylic acids is 7. The highest BCUT2D eigenvalue weighted by atomic mass is 16.6. The van der Waals surface area contributed by atoms with E-state index in [9.17, 15) is 38.7 Å². The highest BCUT2D eigenvalue weighted by molar-refractivity contribution is 6.13. The second-order valence-corrected chi connectivity index (χ2v) is 12.7. The molecule has 23 heteroatoms. The van der Waals surface area contributed by atoms with Gasteiger partial charge >= 0.3 is 0 Å². The van der Waals surface area contributed by atoms with Gasteiger partial charge in [0.2, 0.25) is 29.5 Å². The van der Waals surface area contributed by atoms with Crippen LogP contribution in [0.4, 0.5) is 0 Å². The normalized spacial score (nSPS) is 13.9. The van der Waals surface area contributed by atoms with E-state index >= 15 is 0 Å². The molecule has 23 nitrogen and oxygen atoms in total. The Balaban J connectivity index is 1.79. The van der Waals surface area contributed by atoms with Crippen LogP contribution >= 0.6 is 0 Å². The number of amides is 7. The summed E-state index contributed by atoms with van der Waals surface area (Å²) in [5.74, 6) is -3.45. The summed E-state index contributed by atoms with van der Waals surface area (Å²) in [5.41, 5.74) is 4.93. The second kappa shape index (κ2) is 35.6. The molecule has 1 rings (SSSR count). The molecule has 0 aromatic carbocycles. The van der Waals surface area contributed by atoms with Gasteiger partial charge < -0.3 is 74.7 Å². The molecule has 0 aliphatic carbocycles. The molecule has 0 saturated heterocycles. The third-order valence-corrected chi connectivity index (χ3v) is 7.84. The Kier molecular flexibility index (Phi) is 31.9. The molecule has 1 aliphatic heterocycles. The van der Waals surface area contributed by atoms with Crippen LogP contribution in [0.1, 0.15) is 33.1 Å². The fourth-order valence-electron chi connectivity index (χ4n) is 4.49. The minimum atomic E-state index is -1.34. The number of hydrogen-bond acceptors (Lipinski definition) is 17. The van der Waals surface area contributed by atoms with E-state index in [4.69, 9.17) is 48.4 Å². The van der Waals surface area contributed by atoms with Crippen molar-refractivity contribution in [1.82, 2.24) is 26.2 Å². The maximum Gasteiger partial charge on any atom is 0.253 e. The van der Waals surface area contributed by atoms with Crippen molar-refractivity contribution in [1.29, 1.82) is 0 Å². The number of nitrogens with one attached hydrogen (secondary N) is 4. The zero-order valence-electron chi connectivity index (χ0n) is 34.7. The van der Waals surface area contributed by atoms with Crippen LogP contribution in [-0.4, -0.2) is 202 Å². The Morgan fingerprint density at radius 3 is 1.47 bits per heavy atom. The van der Waals surface area contributed by atoms with E-state index in [1.807, 2.05) is 0 Å². The van der Waals surface area contributed by atoms with Crippen molar-refractivity contribution in [3.8, 4) is 0 Å². The number of imide groups is 1. The molecule has 3 atom stereocenters. The van der Waals surface area contributed by atoms with E-state index in [0.717, 1.165) is 4.90 Å². The summed E-state index contributed by atoms with van der Waals surface area (Å²) in [4.78, 5) is 83.1. The predicted octanol–water partition coefficient (Wildman–Crippen LogP) is -3.72. The van der Waals surface area contributed by atoms with Gasteiger partial charge in [0.15, 0.2) is 0 Å². The van der Waals surface area contributed by atoms with E-state index in [1.165, 1.54) is 26.0 Å². The van der Waals surface area contributed by atoms with Gasteiger partial charge in [0.05, 0.1) is 112 Å². The molecule has 0 spiro atoms. The van der Waals surface area contributed by atoms with E-state index in [2.05, 4.69) is 21.3 Å². The van der Waals surface area contributed by atoms with E-state index in [-0.39, 0.29) is 58.3 Å². The van der Waals surface area contributed by atoms with Crippen molar-refractivity contribution in [2.75, 3.05) is 132 Å². The Morgan fingerprint density at radius 2 is 1.00 bits per heavy atom. The van der Waals surface area contributed by atoms with Gasteiger partial charge in [-0.15, -0.1) is 0 Å². The van der Waals surface area contributed by atoms with Gasteiger partial charge in [0, 0.05) is 44.5 Å². The van der Waals surface area contributed by atoms with E-state index in [1.54, 1.807) is 0 Å². The van der Waals surface area contributed by atoms with Crippen molar-refractivity contribution in [3.63, 3.8) is 0 Å². The number of ether oxygens (including phenoxy) is 9. The zero-order chi connectivity index (χ0) is 44.2. The SMILES string of the molecule is C[C@H](NC(=O)CCOCCOCCOCCOCCOCCOCCOCCOCCNC(=O)CCN1C(=O)C=CC1=O)C(=O)N[C@@H](C)C(=O)NCOCC[C@@H](O)C(N)=O. The number of aliphatic hydroxyl groups excluding tert-OH is 1. The highest BCUT2D eigenvalue weighted by Crippen LogP contribution is 2.04. The fraction of sp³-hybridized carbons (Fsp3) is 0.757. The monoisotopic (exact) mass is 864 g/mol. The standard InChI is InChI=1S/C37H64N6O17/c1-28(36(50)40-27-60-10-6-30(44)35(38)49)42-37(51)29(2)41-32(46)7-11-52-13-15-54-17-19-56-21-23-58-25-26-59-24-22-57-20-18-55-16-14-53-12-8-39-31(45)5-9-43-33(47)3-4-34(43)48/h3-4,28-30,44H,5-27H2,1-2H3,(H2,38,49)(H,39,45)(H,40,50)(H,41,46)(H,42,51)/t28-,29-,30+/m0/s1. The lowest BCUT2D eigenvalue weighted by molar-refractivity contribution is -0.137. The van der Waals surface area contributed by atoms with Crippen LogP contribution in [0.25, 0.3) is 0 Å². The number of rotatable bonds is 40. The Morgan fingerprint density at radius 1 is 0.567 bits per heavy atom. The van der Waals surface area contributed by atoms with Gasteiger partial charge in [-0.1, -0.05) is 0 Å². The van der Waals surface area contributed by atoms with Crippen LogP contribution in [0.15, 0.2) is 12.2 Å². The molecular formula is C37H64N6O17. The second-order valence-electron chi connectivity index (χ2n) is 12.7. The molecule has 7 amide bonds. The third-order valence-electron chi connectivity index (χ3n) is 7.84. The molecule has 344 valence electrons. The first kappa shape index (κ1) is 53.8. The first-order valence-corrected chi connectivity index (χ1v) is 19.8. The van der Waals surface area contributed by atoms with Crippen LogP contribution in [0.5, 0.6) is 0 Å². The van der Waals surface area contributed by atoms with Gasteiger partial charge in [-0.25, -0.2) is 0 Å². The molecule has 7 N–H and O–H groups in total. The minimum absolute atomic E-state index is 0.00982. The Labute approximate surface area is 349 Å². The van der Waals surface area contributed by atoms with Crippen LogP contribution in [0.3, 0.4) is 0 Å². The van der Waals surface area contributed by atoms with Crippen LogP contribution in [-0.2, 0) is 76.2 Å². The van der Waals surface area contributed by atoms with Crippen molar-refractivity contribution < 1.29 is 81.3 Å². The average molecular weight is 865 g/mol. The summed E-state index contributed by atoms with van der Waals surface area (Å²) < 4.78 is 48.5. The third kappa shape index (κ3) is 29.1. The van der Waals surface area contributed by atoms with Crippen molar-refractivity contribution in [2.24, 2.45) is 5.73 Å². The van der Waals surface area contributed by atoms with Gasteiger partial charge in [0.1, 0.15) is 24.9 Å². The molecule has 1 aliphatic rings. The fourth-order valence-corrected chi connectivity index (χ4v) is 4.49. The molecule has 0 unspecified atom stereocenters. The maximum atomic E-state index is 12.3. The summed E-state index contributed by atoms with van der Waals surface area (Å²) in [6.07, 6.45) is 1.06. The molecule has 60 heavy (non-hydrogen) atoms. The smallest absolute Gasteiger partial charge is 0.253 e. The first-order valence-electron chi connectivity index (χ1n) is 19.8. The van der Waals surface area contributed by atoms with Crippen LogP contribution in [0, 0.1) is 0 Å². The molecule has 0 fully saturated rings. The van der Waals surface area contributed by atoms with Crippen molar-refractivity contribution in [2.45, 2.75) is 51.3 Å². The Bertz CT molecular complexity index is 1270. The predicted molar refractivity (Wildman–Crippen MR) is 209 cm³/mol. The number of nitrogens with two attached hydrogens (primary N) is 1. The van der Waals surface area contributed by atoms with Gasteiger partial charge in [0.25, 0.3) is 11.8 Å². The summed E-state index contributed by atoms with van der Waals surface area (Å²) in [7, 11) is 0. The summed E-state index contributed by atoms with van der Waals surface area (Å²) in [5, 5.41) is 19.4. The highest BCUT2D eigenvalue weighted by Gasteiger charge is 2.24. The molecule has 0 bridgehead atoms. The Hall–Kier alpha value is -4.17. The minimum Gasteiger partial charge on any atom is -0.383 e. The lowest BCUT2D eigenvalue weighted by Gasteiger charge is -2.18. The largest absolute Gasteiger partial charge is 0.383 e. The average Bonchev–Trinajstić information content (AvgIpc) is 3.54. The number of primary amides is 1. The van der Waals surface area contributed by atoms with Crippen molar-refractivity contribution in [3.05, 3.63) is 12.2 Å². The molecule has 0 aromatic rings. The number of carbonyl (C=O) groups is 7. The summed E-state index contributed by atoms with van der Waals surface area (Å²) in [6.45, 7) is 8.87. The number of hydrogen-bond donors (Lipinski definition) is 6. The maximum absolute atomic E-state index is 12.3. The first-order chi connectivity index (χ1) is 28.9. The molecule has 1 heterocycles. The number of aliphatic hydroxyl groups is 1. The zero-order valence-corrected chi connectivity index (χ0v) is 34.7. The van der Waals surface area contributed by atoms with Crippen LogP contribution in [0.2, 0.25) is 0 Å². The van der Waals surface area contributed by atoms with E-state index < -0.39 is 53.6 Å².